The van der Waals surface area contributed by atoms with Gasteiger partial charge in [-0.15, -0.1) is 0 Å². The van der Waals surface area contributed by atoms with Crippen LogP contribution < -0.4 is 20.1 Å². The molecule has 0 spiro atoms. The summed E-state index contributed by atoms with van der Waals surface area (Å²) in [6.07, 6.45) is -5.01. The van der Waals surface area contributed by atoms with Crippen LogP contribution in [0.5, 0.6) is 11.5 Å². The molecular weight excluding hydrogens is 496 g/mol. The van der Waals surface area contributed by atoms with E-state index in [1.807, 2.05) is 0 Å². The molecule has 4 rings (SSSR count). The molecule has 0 bridgehead atoms. The Bertz CT molecular complexity index is 1220. The fourth-order valence-corrected chi connectivity index (χ4v) is 4.14. The highest BCUT2D eigenvalue weighted by Crippen LogP contribution is 2.47. The number of nitrogens with zero attached hydrogens (tertiary/aromatic N) is 2. The number of carbonyl (C=O) groups is 1. The van der Waals surface area contributed by atoms with Gasteiger partial charge in [-0.1, -0.05) is 29.3 Å². The van der Waals surface area contributed by atoms with Gasteiger partial charge in [-0.2, -0.15) is 18.3 Å². The fraction of sp³-hybridized carbons (Fsp3) is 0.273. The zero-order valence-electron chi connectivity index (χ0n) is 17.9. The van der Waals surface area contributed by atoms with Crippen molar-refractivity contribution in [2.75, 3.05) is 24.9 Å². The minimum atomic E-state index is -4.63. The number of anilines is 2. The number of ether oxygens (including phenoxy) is 2. The van der Waals surface area contributed by atoms with Crippen LogP contribution in [0, 0.1) is 0 Å². The van der Waals surface area contributed by atoms with Gasteiger partial charge in [0.25, 0.3) is 5.91 Å². The smallest absolute Gasteiger partial charge is 0.410 e. The van der Waals surface area contributed by atoms with Crippen molar-refractivity contribution in [1.82, 2.24) is 9.78 Å². The number of carbonyl (C=O) groups excluding carboxylic acids is 1. The third-order valence-electron chi connectivity index (χ3n) is 5.42. The Morgan fingerprint density at radius 3 is 2.41 bits per heavy atom. The molecule has 1 aliphatic heterocycles. The lowest BCUT2D eigenvalue weighted by Crippen LogP contribution is -2.35. The quantitative estimate of drug-likeness (QED) is 0.428. The monoisotopic (exact) mass is 514 g/mol. The predicted octanol–water partition coefficient (Wildman–Crippen LogP) is 6.12. The van der Waals surface area contributed by atoms with E-state index in [-0.39, 0.29) is 23.0 Å². The predicted molar refractivity (Wildman–Crippen MR) is 122 cm³/mol. The van der Waals surface area contributed by atoms with Crippen molar-refractivity contribution in [3.05, 3.63) is 63.8 Å². The zero-order valence-corrected chi connectivity index (χ0v) is 19.4. The van der Waals surface area contributed by atoms with Gasteiger partial charge in [0.1, 0.15) is 10.8 Å². The summed E-state index contributed by atoms with van der Waals surface area (Å²) in [6, 6.07) is 8.28. The molecule has 1 amide bonds. The molecule has 0 saturated heterocycles. The van der Waals surface area contributed by atoms with Crippen molar-refractivity contribution in [3.63, 3.8) is 0 Å². The molecule has 2 atom stereocenters. The molecule has 2 unspecified atom stereocenters. The highest BCUT2D eigenvalue weighted by atomic mass is 35.5. The second kappa shape index (κ2) is 9.27. The molecule has 0 fully saturated rings. The number of fused-ring (bicyclic) bond motifs is 1. The van der Waals surface area contributed by atoms with E-state index in [9.17, 15) is 18.0 Å². The second-order valence-electron chi connectivity index (χ2n) is 7.52. The van der Waals surface area contributed by atoms with E-state index < -0.39 is 24.2 Å². The van der Waals surface area contributed by atoms with E-state index in [1.165, 1.54) is 14.2 Å². The molecule has 180 valence electrons. The van der Waals surface area contributed by atoms with Crippen LogP contribution in [0.15, 0.2) is 42.5 Å². The highest BCUT2D eigenvalue weighted by molar-refractivity contribution is 6.36. The number of benzene rings is 2. The number of aromatic nitrogens is 2. The SMILES string of the molecule is COc1ccc(C2CC(C(F)(F)F)n3nc(C(=O)Nc4ccc(Cl)cc4)c(Cl)c3N2)cc1OC. The van der Waals surface area contributed by atoms with Crippen molar-refractivity contribution >= 4 is 40.6 Å². The lowest BCUT2D eigenvalue weighted by Gasteiger charge is -2.33. The highest BCUT2D eigenvalue weighted by Gasteiger charge is 2.48. The third-order valence-corrected chi connectivity index (χ3v) is 6.03. The van der Waals surface area contributed by atoms with Crippen LogP contribution in [0.3, 0.4) is 0 Å². The molecule has 2 N–H and O–H groups in total. The molecule has 7 nitrogen and oxygen atoms in total. The molecule has 34 heavy (non-hydrogen) atoms. The lowest BCUT2D eigenvalue weighted by molar-refractivity contribution is -0.173. The summed E-state index contributed by atoms with van der Waals surface area (Å²) in [5, 5.41) is 9.72. The van der Waals surface area contributed by atoms with Gasteiger partial charge in [-0.3, -0.25) is 4.79 Å². The van der Waals surface area contributed by atoms with Crippen LogP contribution in [0.2, 0.25) is 10.0 Å². The second-order valence-corrected chi connectivity index (χ2v) is 8.34. The first-order valence-electron chi connectivity index (χ1n) is 10.0. The first kappa shape index (κ1) is 24.0. The van der Waals surface area contributed by atoms with E-state index >= 15 is 0 Å². The van der Waals surface area contributed by atoms with Crippen molar-refractivity contribution < 1.29 is 27.4 Å². The van der Waals surface area contributed by atoms with Crippen molar-refractivity contribution in [2.24, 2.45) is 0 Å². The van der Waals surface area contributed by atoms with Crippen molar-refractivity contribution in [3.8, 4) is 11.5 Å². The molecule has 3 aromatic rings. The van der Waals surface area contributed by atoms with Crippen LogP contribution in [0.25, 0.3) is 0 Å². The standard InChI is InChI=1S/C22H19Cl2F3N4O3/c1-33-15-8-3-11(9-16(15)34-2)14-10-17(22(25,26)27)31-20(29-14)18(24)19(30-31)21(32)28-13-6-4-12(23)5-7-13/h3-9,14,17,29H,10H2,1-2H3,(H,28,32). The van der Waals surface area contributed by atoms with Crippen LogP contribution in [-0.2, 0) is 0 Å². The molecule has 1 aliphatic rings. The van der Waals surface area contributed by atoms with Crippen LogP contribution in [-0.4, -0.2) is 36.1 Å². The number of alkyl halides is 3. The molecule has 0 aliphatic carbocycles. The first-order valence-corrected chi connectivity index (χ1v) is 10.8. The maximum absolute atomic E-state index is 14.0. The molecular formula is C22H19Cl2F3N4O3. The topological polar surface area (TPSA) is 77.4 Å². The molecule has 0 radical (unpaired) electrons. The number of methoxy groups -OCH3 is 2. The van der Waals surface area contributed by atoms with E-state index in [0.717, 1.165) is 4.68 Å². The Labute approximate surface area is 202 Å². The van der Waals surface area contributed by atoms with Crippen molar-refractivity contribution in [1.29, 1.82) is 0 Å². The summed E-state index contributed by atoms with van der Waals surface area (Å²) in [6.45, 7) is 0. The van der Waals surface area contributed by atoms with Gasteiger partial charge in [-0.25, -0.2) is 4.68 Å². The third kappa shape index (κ3) is 4.60. The normalized spacial score (nSPS) is 17.5. The molecule has 2 aromatic carbocycles. The Kier molecular flexibility index (Phi) is 6.55. The van der Waals surface area contributed by atoms with Gasteiger partial charge in [0.2, 0.25) is 0 Å². The number of hydrogen-bond donors (Lipinski definition) is 2. The fourth-order valence-electron chi connectivity index (χ4n) is 3.75. The van der Waals surface area contributed by atoms with Gasteiger partial charge in [-0.05, 0) is 42.0 Å². The number of rotatable bonds is 5. The van der Waals surface area contributed by atoms with Crippen molar-refractivity contribution in [2.45, 2.75) is 24.7 Å². The summed E-state index contributed by atoms with van der Waals surface area (Å²) < 4.78 is 53.2. The summed E-state index contributed by atoms with van der Waals surface area (Å²) >= 11 is 12.2. The number of amides is 1. The minimum Gasteiger partial charge on any atom is -0.493 e. The Hall–Kier alpha value is -3.11. The zero-order chi connectivity index (χ0) is 24.6. The van der Waals surface area contributed by atoms with Crippen LogP contribution in [0.4, 0.5) is 24.7 Å². The van der Waals surface area contributed by atoms with Crippen LogP contribution in [0.1, 0.15) is 34.6 Å². The van der Waals surface area contributed by atoms with E-state index in [2.05, 4.69) is 15.7 Å². The largest absolute Gasteiger partial charge is 0.493 e. The van der Waals surface area contributed by atoms with Gasteiger partial charge < -0.3 is 20.1 Å². The summed E-state index contributed by atoms with van der Waals surface area (Å²) in [4.78, 5) is 12.8. The average molecular weight is 515 g/mol. The molecule has 0 saturated carbocycles. The number of halogens is 5. The van der Waals surface area contributed by atoms with Gasteiger partial charge in [0.15, 0.2) is 23.2 Å². The van der Waals surface area contributed by atoms with E-state index in [1.54, 1.807) is 42.5 Å². The summed E-state index contributed by atoms with van der Waals surface area (Å²) in [5.41, 5.74) is 0.587. The number of nitrogens with one attached hydrogen (secondary N) is 2. The Morgan fingerprint density at radius 1 is 1.12 bits per heavy atom. The Morgan fingerprint density at radius 2 is 1.79 bits per heavy atom. The molecule has 2 heterocycles. The van der Waals surface area contributed by atoms with Crippen LogP contribution >= 0.6 is 23.2 Å². The number of hydrogen-bond acceptors (Lipinski definition) is 5. The first-order chi connectivity index (χ1) is 16.1. The summed E-state index contributed by atoms with van der Waals surface area (Å²) in [7, 11) is 2.90. The van der Waals surface area contributed by atoms with Gasteiger partial charge in [0, 0.05) is 17.1 Å². The lowest BCUT2D eigenvalue weighted by atomic mass is 9.96. The Balaban J connectivity index is 1.70. The van der Waals surface area contributed by atoms with Gasteiger partial charge in [0.05, 0.1) is 20.3 Å². The maximum Gasteiger partial charge on any atom is 0.410 e. The van der Waals surface area contributed by atoms with E-state index in [4.69, 9.17) is 32.7 Å². The van der Waals surface area contributed by atoms with Gasteiger partial charge >= 0.3 is 6.18 Å². The van der Waals surface area contributed by atoms with E-state index in [0.29, 0.717) is 27.8 Å². The maximum atomic E-state index is 14.0. The summed E-state index contributed by atoms with van der Waals surface area (Å²) in [5.74, 6) is -0.0341. The molecule has 12 heteroatoms. The minimum absolute atomic E-state index is 0.101. The average Bonchev–Trinajstić information content (AvgIpc) is 3.15. The molecule has 1 aromatic heterocycles.